The van der Waals surface area contributed by atoms with Crippen molar-refractivity contribution in [1.82, 2.24) is 34.8 Å². The van der Waals surface area contributed by atoms with Crippen molar-refractivity contribution < 1.29 is 4.74 Å². The normalized spacial score (nSPS) is 20.8. The molecule has 2 aliphatic rings. The highest BCUT2D eigenvalue weighted by Gasteiger charge is 2.30. The van der Waals surface area contributed by atoms with Gasteiger partial charge >= 0.3 is 0 Å². The van der Waals surface area contributed by atoms with Crippen molar-refractivity contribution in [3.8, 4) is 5.75 Å². The van der Waals surface area contributed by atoms with Gasteiger partial charge in [-0.1, -0.05) is 18.2 Å². The van der Waals surface area contributed by atoms with Gasteiger partial charge in [0.15, 0.2) is 11.8 Å². The van der Waals surface area contributed by atoms with Gasteiger partial charge in [0.05, 0.1) is 18.8 Å². The van der Waals surface area contributed by atoms with Crippen LogP contribution in [0.5, 0.6) is 5.75 Å². The van der Waals surface area contributed by atoms with Gasteiger partial charge in [0.25, 0.3) is 0 Å². The quantitative estimate of drug-likeness (QED) is 0.501. The first kappa shape index (κ1) is 20.5. The number of aliphatic imine (C=N–C) groups is 1. The molecule has 2 aromatic heterocycles. The lowest BCUT2D eigenvalue weighted by Crippen LogP contribution is -2.43. The predicted molar refractivity (Wildman–Crippen MR) is 121 cm³/mol. The number of hydrogen-bond acceptors (Lipinski definition) is 5. The maximum Gasteiger partial charge on any atom is 0.194 e. The smallest absolute Gasteiger partial charge is 0.194 e. The van der Waals surface area contributed by atoms with E-state index in [0.717, 1.165) is 49.3 Å². The monoisotopic (exact) mass is 434 g/mol. The summed E-state index contributed by atoms with van der Waals surface area (Å²) >= 11 is 0. The van der Waals surface area contributed by atoms with Crippen molar-refractivity contribution in [2.45, 2.75) is 38.3 Å². The Morgan fingerprint density at radius 3 is 2.88 bits per heavy atom. The van der Waals surface area contributed by atoms with E-state index in [9.17, 15) is 0 Å². The number of aryl methyl sites for hydroxylation is 2. The summed E-state index contributed by atoms with van der Waals surface area (Å²) in [6.45, 7) is 5.01. The van der Waals surface area contributed by atoms with E-state index in [0.29, 0.717) is 19.1 Å². The molecular formula is C23H30N8O. The van der Waals surface area contributed by atoms with Gasteiger partial charge in [0, 0.05) is 51.3 Å². The van der Waals surface area contributed by atoms with Crippen LogP contribution in [0.4, 0.5) is 0 Å². The minimum atomic E-state index is 0.164. The van der Waals surface area contributed by atoms with Crippen molar-refractivity contribution >= 4 is 5.96 Å². The maximum atomic E-state index is 5.86. The topological polar surface area (TPSA) is 85.4 Å². The minimum Gasteiger partial charge on any atom is -0.493 e. The zero-order valence-corrected chi connectivity index (χ0v) is 18.9. The van der Waals surface area contributed by atoms with Crippen LogP contribution >= 0.6 is 0 Å². The summed E-state index contributed by atoms with van der Waals surface area (Å²) in [5, 5.41) is 16.6. The molecule has 2 atom stereocenters. The second-order valence-electron chi connectivity index (χ2n) is 8.61. The molecule has 168 valence electrons. The van der Waals surface area contributed by atoms with E-state index in [1.807, 2.05) is 48.6 Å². The van der Waals surface area contributed by atoms with Gasteiger partial charge in [-0.25, -0.2) is 4.99 Å². The number of fused-ring (bicyclic) bond motifs is 1. The lowest BCUT2D eigenvalue weighted by atomic mass is 10.0. The molecule has 1 saturated heterocycles. The molecule has 0 spiro atoms. The van der Waals surface area contributed by atoms with Crippen LogP contribution < -0.4 is 10.1 Å². The van der Waals surface area contributed by atoms with Crippen LogP contribution in [0.15, 0.2) is 41.7 Å². The van der Waals surface area contributed by atoms with Crippen molar-refractivity contribution in [2.24, 2.45) is 19.1 Å². The van der Waals surface area contributed by atoms with E-state index in [-0.39, 0.29) is 6.04 Å². The first-order valence-electron chi connectivity index (χ1n) is 11.2. The fraction of sp³-hybridized carbons (Fsp3) is 0.478. The number of rotatable bonds is 4. The Morgan fingerprint density at radius 1 is 1.22 bits per heavy atom. The molecule has 2 aliphatic heterocycles. The van der Waals surface area contributed by atoms with E-state index < -0.39 is 0 Å². The van der Waals surface area contributed by atoms with E-state index in [1.54, 1.807) is 0 Å². The number of likely N-dealkylation sites (tertiary alicyclic amines) is 1. The highest BCUT2D eigenvalue weighted by atomic mass is 16.5. The van der Waals surface area contributed by atoms with Crippen molar-refractivity contribution in [1.29, 1.82) is 0 Å². The number of nitrogens with zero attached hydrogens (tertiary/aromatic N) is 7. The van der Waals surface area contributed by atoms with Gasteiger partial charge in [0.1, 0.15) is 18.1 Å². The number of nitrogens with one attached hydrogen (secondary N) is 1. The fourth-order valence-corrected chi connectivity index (χ4v) is 4.49. The number of ether oxygens (including phenoxy) is 1. The third kappa shape index (κ3) is 4.06. The molecule has 1 aromatic carbocycles. The van der Waals surface area contributed by atoms with Gasteiger partial charge in [-0.05, 0) is 25.0 Å². The third-order valence-corrected chi connectivity index (χ3v) is 6.50. The molecule has 2 unspecified atom stereocenters. The molecule has 9 nitrogen and oxygen atoms in total. The minimum absolute atomic E-state index is 0.164. The molecule has 0 radical (unpaired) electrons. The van der Waals surface area contributed by atoms with Gasteiger partial charge in [-0.3, -0.25) is 4.68 Å². The van der Waals surface area contributed by atoms with Crippen LogP contribution in [-0.2, 0) is 20.6 Å². The highest BCUT2D eigenvalue weighted by molar-refractivity contribution is 5.81. The summed E-state index contributed by atoms with van der Waals surface area (Å²) in [6.07, 6.45) is 6.09. The SMILES string of the molecule is Cc1nnc(CN=C(NC2CCOc3ccccc32)N2CCC(c3cnn(C)c3)C2)n1C. The number of benzene rings is 1. The molecule has 1 N–H and O–H groups in total. The van der Waals surface area contributed by atoms with Crippen LogP contribution in [-0.4, -0.2) is 55.1 Å². The van der Waals surface area contributed by atoms with E-state index in [1.165, 1.54) is 11.1 Å². The Bertz CT molecular complexity index is 1120. The first-order chi connectivity index (χ1) is 15.6. The maximum absolute atomic E-state index is 5.86. The van der Waals surface area contributed by atoms with Crippen LogP contribution in [0.3, 0.4) is 0 Å². The standard InChI is InChI=1S/C23H30N8O/c1-16-27-28-22(30(16)3)13-24-23(26-20-9-11-32-21-7-5-4-6-19(20)21)31-10-8-17(15-31)18-12-25-29(2)14-18/h4-7,12,14,17,20H,8-11,13,15H2,1-3H3,(H,24,26). The average molecular weight is 435 g/mol. The number of hydrogen-bond donors (Lipinski definition) is 1. The largest absolute Gasteiger partial charge is 0.493 e. The van der Waals surface area contributed by atoms with E-state index >= 15 is 0 Å². The highest BCUT2D eigenvalue weighted by Crippen LogP contribution is 2.32. The predicted octanol–water partition coefficient (Wildman–Crippen LogP) is 2.32. The Labute approximate surface area is 188 Å². The average Bonchev–Trinajstić information content (AvgIpc) is 3.53. The van der Waals surface area contributed by atoms with Gasteiger partial charge in [-0.2, -0.15) is 5.10 Å². The third-order valence-electron chi connectivity index (χ3n) is 6.50. The zero-order chi connectivity index (χ0) is 22.1. The lowest BCUT2D eigenvalue weighted by molar-refractivity contribution is 0.259. The zero-order valence-electron chi connectivity index (χ0n) is 18.9. The van der Waals surface area contributed by atoms with Gasteiger partial charge < -0.3 is 19.5 Å². The molecular weight excluding hydrogens is 404 g/mol. The van der Waals surface area contributed by atoms with Crippen molar-refractivity contribution in [3.05, 3.63) is 59.4 Å². The molecule has 3 aromatic rings. The molecule has 9 heteroatoms. The Kier molecular flexibility index (Phi) is 5.55. The van der Waals surface area contributed by atoms with Crippen LogP contribution in [0.1, 0.15) is 47.6 Å². The molecule has 1 fully saturated rings. The van der Waals surface area contributed by atoms with Gasteiger partial charge in [0.2, 0.25) is 0 Å². The molecule has 32 heavy (non-hydrogen) atoms. The second-order valence-corrected chi connectivity index (χ2v) is 8.61. The van der Waals surface area contributed by atoms with E-state index in [2.05, 4.69) is 43.8 Å². The number of para-hydroxylation sites is 1. The van der Waals surface area contributed by atoms with Crippen molar-refractivity contribution in [3.63, 3.8) is 0 Å². The Hall–Kier alpha value is -3.36. The van der Waals surface area contributed by atoms with Crippen LogP contribution in [0.25, 0.3) is 0 Å². The molecule has 0 bridgehead atoms. The Balaban J connectivity index is 1.39. The molecule has 0 amide bonds. The van der Waals surface area contributed by atoms with Crippen LogP contribution in [0.2, 0.25) is 0 Å². The fourth-order valence-electron chi connectivity index (χ4n) is 4.49. The number of guanidine groups is 1. The second kappa shape index (κ2) is 8.64. The number of aromatic nitrogens is 5. The molecule has 5 rings (SSSR count). The first-order valence-corrected chi connectivity index (χ1v) is 11.2. The van der Waals surface area contributed by atoms with Crippen molar-refractivity contribution in [2.75, 3.05) is 19.7 Å². The van der Waals surface area contributed by atoms with Crippen LogP contribution in [0, 0.1) is 6.92 Å². The molecule has 0 aliphatic carbocycles. The molecule has 4 heterocycles. The summed E-state index contributed by atoms with van der Waals surface area (Å²) < 4.78 is 9.73. The molecule has 0 saturated carbocycles. The summed E-state index contributed by atoms with van der Waals surface area (Å²) in [4.78, 5) is 7.36. The van der Waals surface area contributed by atoms with Gasteiger partial charge in [-0.15, -0.1) is 10.2 Å². The summed E-state index contributed by atoms with van der Waals surface area (Å²) in [5.41, 5.74) is 2.47. The summed E-state index contributed by atoms with van der Waals surface area (Å²) in [6, 6.07) is 8.42. The lowest BCUT2D eigenvalue weighted by Gasteiger charge is -2.31. The summed E-state index contributed by atoms with van der Waals surface area (Å²) in [5.74, 6) is 4.07. The summed E-state index contributed by atoms with van der Waals surface area (Å²) in [7, 11) is 3.95. The van der Waals surface area contributed by atoms with E-state index in [4.69, 9.17) is 9.73 Å². The Morgan fingerprint density at radius 2 is 2.09 bits per heavy atom.